The lowest BCUT2D eigenvalue weighted by Crippen LogP contribution is -2.30. The highest BCUT2D eigenvalue weighted by molar-refractivity contribution is 7.91. The Morgan fingerprint density at radius 2 is 1.65 bits per heavy atom. The summed E-state index contributed by atoms with van der Waals surface area (Å²) in [5.41, 5.74) is 1.92. The number of anilines is 1. The van der Waals surface area contributed by atoms with Crippen molar-refractivity contribution in [2.24, 2.45) is 11.8 Å². The summed E-state index contributed by atoms with van der Waals surface area (Å²) in [5, 5.41) is 2.82. The zero-order chi connectivity index (χ0) is 22.6. The number of benzene rings is 2. The maximum absolute atomic E-state index is 12.4. The molecule has 166 valence electrons. The average molecular weight is 443 g/mol. The van der Waals surface area contributed by atoms with Crippen molar-refractivity contribution in [2.45, 2.75) is 38.0 Å². The summed E-state index contributed by atoms with van der Waals surface area (Å²) in [7, 11) is -1.47. The summed E-state index contributed by atoms with van der Waals surface area (Å²) in [6, 6.07) is 13.4. The van der Waals surface area contributed by atoms with Crippen LogP contribution in [0.2, 0.25) is 0 Å². The first kappa shape index (κ1) is 23.0. The molecule has 1 saturated carbocycles. The van der Waals surface area contributed by atoms with E-state index in [9.17, 15) is 18.0 Å². The molecule has 0 saturated heterocycles. The second-order valence-electron chi connectivity index (χ2n) is 8.75. The van der Waals surface area contributed by atoms with E-state index < -0.39 is 9.84 Å². The van der Waals surface area contributed by atoms with Gasteiger partial charge in [-0.25, -0.2) is 8.42 Å². The van der Waals surface area contributed by atoms with Crippen LogP contribution in [0.4, 0.5) is 5.69 Å². The van der Waals surface area contributed by atoms with Crippen molar-refractivity contribution >= 4 is 27.3 Å². The predicted molar refractivity (Wildman–Crippen MR) is 122 cm³/mol. The van der Waals surface area contributed by atoms with Crippen molar-refractivity contribution in [3.63, 3.8) is 0 Å². The molecule has 0 aliphatic heterocycles. The zero-order valence-corrected chi connectivity index (χ0v) is 19.1. The van der Waals surface area contributed by atoms with Gasteiger partial charge in [-0.15, -0.1) is 0 Å². The van der Waals surface area contributed by atoms with Gasteiger partial charge in [-0.1, -0.05) is 26.0 Å². The molecule has 0 heterocycles. The third-order valence-corrected chi connectivity index (χ3v) is 7.10. The van der Waals surface area contributed by atoms with Crippen LogP contribution in [0.3, 0.4) is 0 Å². The first-order valence-corrected chi connectivity index (χ1v) is 12.3. The predicted octanol–water partition coefficient (Wildman–Crippen LogP) is 3.78. The molecule has 0 radical (unpaired) electrons. The molecule has 2 aromatic rings. The van der Waals surface area contributed by atoms with Crippen LogP contribution in [-0.4, -0.2) is 44.5 Å². The van der Waals surface area contributed by atoms with Gasteiger partial charge in [0.2, 0.25) is 5.91 Å². The SMILES string of the molecule is CC(C)CN(C)C(=O)c1ccc(NC(=O)Cc2ccc(S(=O)(=O)CC3CC3)cc2)cc1. The Labute approximate surface area is 184 Å². The fourth-order valence-electron chi connectivity index (χ4n) is 3.44. The van der Waals surface area contributed by atoms with Gasteiger partial charge in [0.15, 0.2) is 9.84 Å². The van der Waals surface area contributed by atoms with Gasteiger partial charge in [0.25, 0.3) is 5.91 Å². The number of hydrogen-bond acceptors (Lipinski definition) is 4. The Hall–Kier alpha value is -2.67. The number of nitrogens with one attached hydrogen (secondary N) is 1. The van der Waals surface area contributed by atoms with Gasteiger partial charge < -0.3 is 10.2 Å². The van der Waals surface area contributed by atoms with Crippen LogP contribution in [0.15, 0.2) is 53.4 Å². The summed E-state index contributed by atoms with van der Waals surface area (Å²) in [4.78, 5) is 26.8. The van der Waals surface area contributed by atoms with E-state index in [2.05, 4.69) is 19.2 Å². The molecule has 0 bridgehead atoms. The Balaban J connectivity index is 1.55. The number of nitrogens with zero attached hydrogens (tertiary/aromatic N) is 1. The number of carbonyl (C=O) groups is 2. The van der Waals surface area contributed by atoms with Gasteiger partial charge in [-0.2, -0.15) is 0 Å². The van der Waals surface area contributed by atoms with E-state index in [0.29, 0.717) is 34.5 Å². The highest BCUT2D eigenvalue weighted by Crippen LogP contribution is 2.32. The molecule has 0 atom stereocenters. The molecule has 1 aliphatic rings. The lowest BCUT2D eigenvalue weighted by molar-refractivity contribution is -0.115. The normalized spacial score (nSPS) is 13.8. The van der Waals surface area contributed by atoms with Crippen molar-refractivity contribution < 1.29 is 18.0 Å². The topological polar surface area (TPSA) is 83.6 Å². The number of amides is 2. The van der Waals surface area contributed by atoms with Gasteiger partial charge in [0.1, 0.15) is 0 Å². The highest BCUT2D eigenvalue weighted by atomic mass is 32.2. The van der Waals surface area contributed by atoms with Crippen molar-refractivity contribution in [1.82, 2.24) is 4.90 Å². The molecule has 2 amide bonds. The molecular weight excluding hydrogens is 412 g/mol. The van der Waals surface area contributed by atoms with Gasteiger partial charge in [0, 0.05) is 24.8 Å². The maximum Gasteiger partial charge on any atom is 0.253 e. The molecule has 7 heteroatoms. The standard InChI is InChI=1S/C24H30N2O4S/c1-17(2)15-26(3)24(28)20-8-10-21(11-9-20)25-23(27)14-18-6-12-22(13-7-18)31(29,30)16-19-4-5-19/h6-13,17,19H,4-5,14-16H2,1-3H3,(H,25,27). The largest absolute Gasteiger partial charge is 0.341 e. The highest BCUT2D eigenvalue weighted by Gasteiger charge is 2.29. The van der Waals surface area contributed by atoms with Crippen molar-refractivity contribution in [1.29, 1.82) is 0 Å². The van der Waals surface area contributed by atoms with Crippen molar-refractivity contribution in [3.05, 3.63) is 59.7 Å². The fraction of sp³-hybridized carbons (Fsp3) is 0.417. The maximum atomic E-state index is 12.4. The smallest absolute Gasteiger partial charge is 0.253 e. The molecule has 1 N–H and O–H groups in total. The van der Waals surface area contributed by atoms with E-state index in [-0.39, 0.29) is 24.0 Å². The minimum atomic E-state index is -3.25. The van der Waals surface area contributed by atoms with Gasteiger partial charge in [0.05, 0.1) is 17.1 Å². The average Bonchev–Trinajstić information content (AvgIpc) is 3.51. The summed E-state index contributed by atoms with van der Waals surface area (Å²) in [6.45, 7) is 4.80. The molecule has 2 aromatic carbocycles. The molecule has 3 rings (SSSR count). The lowest BCUT2D eigenvalue weighted by atomic mass is 10.1. The van der Waals surface area contributed by atoms with Crippen LogP contribution < -0.4 is 5.32 Å². The quantitative estimate of drug-likeness (QED) is 0.641. The Morgan fingerprint density at radius 3 is 2.19 bits per heavy atom. The molecule has 6 nitrogen and oxygen atoms in total. The lowest BCUT2D eigenvalue weighted by Gasteiger charge is -2.19. The third-order valence-electron chi connectivity index (χ3n) is 5.20. The number of sulfone groups is 1. The second kappa shape index (κ2) is 9.64. The summed E-state index contributed by atoms with van der Waals surface area (Å²) >= 11 is 0. The zero-order valence-electron chi connectivity index (χ0n) is 18.3. The molecule has 0 aromatic heterocycles. The van der Waals surface area contributed by atoms with E-state index in [1.165, 1.54) is 0 Å². The summed E-state index contributed by atoms with van der Waals surface area (Å²) in [5.74, 6) is 0.638. The van der Waals surface area contributed by atoms with E-state index in [1.807, 2.05) is 0 Å². The molecule has 31 heavy (non-hydrogen) atoms. The first-order valence-electron chi connectivity index (χ1n) is 10.6. The van der Waals surface area contributed by atoms with E-state index in [4.69, 9.17) is 0 Å². The van der Waals surface area contributed by atoms with Crippen LogP contribution in [0.1, 0.15) is 42.6 Å². The van der Waals surface area contributed by atoms with Crippen LogP contribution in [0.25, 0.3) is 0 Å². The minimum absolute atomic E-state index is 0.0525. The molecular formula is C24H30N2O4S. The Morgan fingerprint density at radius 1 is 1.03 bits per heavy atom. The molecule has 0 unspecified atom stereocenters. The van der Waals surface area contributed by atoms with Crippen LogP contribution in [0, 0.1) is 11.8 Å². The van der Waals surface area contributed by atoms with E-state index >= 15 is 0 Å². The molecule has 1 aliphatic carbocycles. The van der Waals surface area contributed by atoms with Gasteiger partial charge in [-0.05, 0) is 66.6 Å². The van der Waals surface area contributed by atoms with Crippen LogP contribution >= 0.6 is 0 Å². The van der Waals surface area contributed by atoms with Crippen molar-refractivity contribution in [3.8, 4) is 0 Å². The van der Waals surface area contributed by atoms with Crippen LogP contribution in [-0.2, 0) is 21.1 Å². The van der Waals surface area contributed by atoms with Gasteiger partial charge in [-0.3, -0.25) is 9.59 Å². The second-order valence-corrected chi connectivity index (χ2v) is 10.8. The summed E-state index contributed by atoms with van der Waals surface area (Å²) in [6.07, 6.45) is 2.11. The van der Waals surface area contributed by atoms with E-state index in [1.54, 1.807) is 60.5 Å². The van der Waals surface area contributed by atoms with Crippen molar-refractivity contribution in [2.75, 3.05) is 24.7 Å². The minimum Gasteiger partial charge on any atom is -0.341 e. The number of hydrogen-bond donors (Lipinski definition) is 1. The summed E-state index contributed by atoms with van der Waals surface area (Å²) < 4.78 is 24.6. The Kier molecular flexibility index (Phi) is 7.15. The fourth-order valence-corrected chi connectivity index (χ4v) is 5.14. The molecule has 1 fully saturated rings. The van der Waals surface area contributed by atoms with E-state index in [0.717, 1.165) is 18.4 Å². The number of rotatable bonds is 9. The first-order chi connectivity index (χ1) is 14.6. The number of carbonyl (C=O) groups excluding carboxylic acids is 2. The third kappa shape index (κ3) is 6.66. The monoisotopic (exact) mass is 442 g/mol. The Bertz CT molecular complexity index is 1020. The van der Waals surface area contributed by atoms with Gasteiger partial charge >= 0.3 is 0 Å². The van der Waals surface area contributed by atoms with Crippen LogP contribution in [0.5, 0.6) is 0 Å². The molecule has 0 spiro atoms.